The fourth-order valence-electron chi connectivity index (χ4n) is 5.71. The van der Waals surface area contributed by atoms with Gasteiger partial charge < -0.3 is 9.80 Å². The van der Waals surface area contributed by atoms with Gasteiger partial charge in [-0.1, -0.05) is 42.8 Å². The first kappa shape index (κ1) is 19.6. The van der Waals surface area contributed by atoms with Crippen LogP contribution in [0, 0.1) is 11.8 Å². The Morgan fingerprint density at radius 2 is 1.80 bits per heavy atom. The number of anilines is 1. The summed E-state index contributed by atoms with van der Waals surface area (Å²) in [5.74, 6) is 2.23. The molecule has 1 aromatic carbocycles. The number of benzene rings is 1. The number of amides is 1. The highest BCUT2D eigenvalue weighted by atomic mass is 16.2. The minimum atomic E-state index is 0.178. The molecule has 0 bridgehead atoms. The fraction of sp³-hybridized carbons (Fsp3) is 0.520. The standard InChI is InChI=1S/C25H32N4O/c1-19(30)29-17-22-16-28(18-23(22)25(29)21-8-4-2-5-9-21)24-11-10-20(14-26-24)15-27-12-6-3-7-13-27/h2,4-5,8-11,14,22-23,25H,3,6-7,12-13,15-18H2,1H3/t22-,23-,25-/m1/s1. The molecule has 5 heteroatoms. The SMILES string of the molecule is CC(=O)N1C[C@H]2CN(c3ccc(CN4CCCCC4)cn3)C[C@H]2[C@H]1c1ccccc1. The first-order chi connectivity index (χ1) is 14.7. The monoisotopic (exact) mass is 404 g/mol. The Hall–Kier alpha value is -2.40. The zero-order valence-electron chi connectivity index (χ0n) is 17.9. The summed E-state index contributed by atoms with van der Waals surface area (Å²) in [4.78, 5) is 24.2. The average molecular weight is 405 g/mol. The van der Waals surface area contributed by atoms with E-state index < -0.39 is 0 Å². The summed E-state index contributed by atoms with van der Waals surface area (Å²) in [6.07, 6.45) is 6.08. The number of carbonyl (C=O) groups excluding carboxylic acids is 1. The van der Waals surface area contributed by atoms with Crippen LogP contribution >= 0.6 is 0 Å². The van der Waals surface area contributed by atoms with E-state index in [1.807, 2.05) is 6.07 Å². The highest BCUT2D eigenvalue weighted by molar-refractivity contribution is 5.74. The van der Waals surface area contributed by atoms with E-state index in [9.17, 15) is 4.79 Å². The number of aromatic nitrogens is 1. The van der Waals surface area contributed by atoms with Gasteiger partial charge in [0, 0.05) is 51.1 Å². The number of rotatable bonds is 4. The molecule has 4 heterocycles. The smallest absolute Gasteiger partial charge is 0.219 e. The van der Waals surface area contributed by atoms with Gasteiger partial charge in [0.25, 0.3) is 0 Å². The van der Waals surface area contributed by atoms with Crippen LogP contribution in [0.2, 0.25) is 0 Å². The van der Waals surface area contributed by atoms with Crippen molar-refractivity contribution in [1.82, 2.24) is 14.8 Å². The van der Waals surface area contributed by atoms with Gasteiger partial charge in [-0.25, -0.2) is 4.98 Å². The van der Waals surface area contributed by atoms with Gasteiger partial charge in [-0.15, -0.1) is 0 Å². The molecule has 3 aliphatic rings. The fourth-order valence-corrected chi connectivity index (χ4v) is 5.71. The third-order valence-corrected chi connectivity index (χ3v) is 7.20. The molecule has 0 radical (unpaired) electrons. The molecule has 2 aromatic rings. The maximum atomic E-state index is 12.3. The summed E-state index contributed by atoms with van der Waals surface area (Å²) in [6.45, 7) is 7.95. The van der Waals surface area contributed by atoms with Gasteiger partial charge in [-0.05, 0) is 43.1 Å². The van der Waals surface area contributed by atoms with Gasteiger partial charge >= 0.3 is 0 Å². The average Bonchev–Trinajstić information content (AvgIpc) is 3.34. The Morgan fingerprint density at radius 3 is 2.50 bits per heavy atom. The van der Waals surface area contributed by atoms with E-state index >= 15 is 0 Å². The van der Waals surface area contributed by atoms with Crippen LogP contribution in [0.1, 0.15) is 43.4 Å². The Kier molecular flexibility index (Phi) is 5.47. The first-order valence-corrected chi connectivity index (χ1v) is 11.4. The number of fused-ring (bicyclic) bond motifs is 1. The number of carbonyl (C=O) groups is 1. The van der Waals surface area contributed by atoms with Gasteiger partial charge in [0.1, 0.15) is 5.82 Å². The van der Waals surface area contributed by atoms with Crippen LogP contribution in [0.15, 0.2) is 48.7 Å². The summed E-state index contributed by atoms with van der Waals surface area (Å²) in [7, 11) is 0. The second kappa shape index (κ2) is 8.38. The lowest BCUT2D eigenvalue weighted by atomic mass is 9.89. The van der Waals surface area contributed by atoms with E-state index in [2.05, 4.69) is 57.3 Å². The van der Waals surface area contributed by atoms with Crippen molar-refractivity contribution in [3.8, 4) is 0 Å². The highest BCUT2D eigenvalue weighted by Gasteiger charge is 2.48. The number of hydrogen-bond donors (Lipinski definition) is 0. The maximum Gasteiger partial charge on any atom is 0.219 e. The molecular weight excluding hydrogens is 372 g/mol. The van der Waals surface area contributed by atoms with Gasteiger partial charge in [0.05, 0.1) is 6.04 Å². The molecule has 3 saturated heterocycles. The largest absolute Gasteiger partial charge is 0.356 e. The van der Waals surface area contributed by atoms with Gasteiger partial charge in [0.2, 0.25) is 5.91 Å². The van der Waals surface area contributed by atoms with Crippen molar-refractivity contribution >= 4 is 11.7 Å². The van der Waals surface area contributed by atoms with Gasteiger partial charge in [0.15, 0.2) is 0 Å². The zero-order valence-corrected chi connectivity index (χ0v) is 17.9. The minimum Gasteiger partial charge on any atom is -0.356 e. The van der Waals surface area contributed by atoms with Crippen molar-refractivity contribution in [2.24, 2.45) is 11.8 Å². The summed E-state index contributed by atoms with van der Waals surface area (Å²) >= 11 is 0. The highest BCUT2D eigenvalue weighted by Crippen LogP contribution is 2.45. The van der Waals surface area contributed by atoms with E-state index in [0.29, 0.717) is 11.8 Å². The van der Waals surface area contributed by atoms with E-state index in [-0.39, 0.29) is 11.9 Å². The molecule has 0 unspecified atom stereocenters. The number of hydrogen-bond acceptors (Lipinski definition) is 4. The molecular formula is C25H32N4O. The van der Waals surface area contributed by atoms with Crippen LogP contribution in [0.4, 0.5) is 5.82 Å². The predicted octanol–water partition coefficient (Wildman–Crippen LogP) is 3.72. The molecule has 3 fully saturated rings. The second-order valence-electron chi connectivity index (χ2n) is 9.22. The van der Waals surface area contributed by atoms with E-state index in [0.717, 1.165) is 32.0 Å². The van der Waals surface area contributed by atoms with Crippen LogP contribution in [0.3, 0.4) is 0 Å². The molecule has 5 nitrogen and oxygen atoms in total. The Labute approximate surface area is 179 Å². The third kappa shape index (κ3) is 3.83. The Morgan fingerprint density at radius 1 is 1.00 bits per heavy atom. The number of piperidine rings is 1. The molecule has 0 aliphatic carbocycles. The van der Waals surface area contributed by atoms with E-state index in [1.54, 1.807) is 6.92 Å². The third-order valence-electron chi connectivity index (χ3n) is 7.20. The van der Waals surface area contributed by atoms with Crippen molar-refractivity contribution < 1.29 is 4.79 Å². The van der Waals surface area contributed by atoms with Crippen LogP contribution in [-0.4, -0.2) is 53.4 Å². The summed E-state index contributed by atoms with van der Waals surface area (Å²) < 4.78 is 0. The second-order valence-corrected chi connectivity index (χ2v) is 9.22. The quantitative estimate of drug-likeness (QED) is 0.779. The molecule has 5 rings (SSSR count). The number of likely N-dealkylation sites (tertiary alicyclic amines) is 2. The first-order valence-electron chi connectivity index (χ1n) is 11.4. The predicted molar refractivity (Wildman–Crippen MR) is 119 cm³/mol. The lowest BCUT2D eigenvalue weighted by molar-refractivity contribution is -0.130. The maximum absolute atomic E-state index is 12.3. The lowest BCUT2D eigenvalue weighted by Crippen LogP contribution is -2.34. The lowest BCUT2D eigenvalue weighted by Gasteiger charge is -2.29. The molecule has 1 amide bonds. The zero-order chi connectivity index (χ0) is 20.5. The molecule has 0 N–H and O–H groups in total. The topological polar surface area (TPSA) is 39.7 Å². The molecule has 158 valence electrons. The van der Waals surface area contributed by atoms with Crippen molar-refractivity contribution in [2.75, 3.05) is 37.6 Å². The number of pyridine rings is 1. The normalized spacial score (nSPS) is 26.8. The van der Waals surface area contributed by atoms with E-state index in [1.165, 1.54) is 43.5 Å². The van der Waals surface area contributed by atoms with Gasteiger partial charge in [-0.2, -0.15) is 0 Å². The molecule has 1 aromatic heterocycles. The Bertz CT molecular complexity index is 862. The Balaban J connectivity index is 1.29. The van der Waals surface area contributed by atoms with Crippen molar-refractivity contribution in [3.05, 3.63) is 59.8 Å². The van der Waals surface area contributed by atoms with Crippen molar-refractivity contribution in [2.45, 2.75) is 38.8 Å². The summed E-state index contributed by atoms with van der Waals surface area (Å²) in [5, 5.41) is 0. The summed E-state index contributed by atoms with van der Waals surface area (Å²) in [5.41, 5.74) is 2.57. The number of nitrogens with zero attached hydrogens (tertiary/aromatic N) is 4. The van der Waals surface area contributed by atoms with Crippen molar-refractivity contribution in [3.63, 3.8) is 0 Å². The van der Waals surface area contributed by atoms with Crippen LogP contribution in [0.5, 0.6) is 0 Å². The van der Waals surface area contributed by atoms with Crippen LogP contribution < -0.4 is 4.90 Å². The molecule has 0 spiro atoms. The van der Waals surface area contributed by atoms with Gasteiger partial charge in [-0.3, -0.25) is 9.69 Å². The molecule has 3 aliphatic heterocycles. The van der Waals surface area contributed by atoms with E-state index in [4.69, 9.17) is 4.98 Å². The molecule has 30 heavy (non-hydrogen) atoms. The minimum absolute atomic E-state index is 0.178. The summed E-state index contributed by atoms with van der Waals surface area (Å²) in [6, 6.07) is 15.2. The van der Waals surface area contributed by atoms with Crippen molar-refractivity contribution in [1.29, 1.82) is 0 Å². The molecule has 0 saturated carbocycles. The van der Waals surface area contributed by atoms with Crippen LogP contribution in [-0.2, 0) is 11.3 Å². The van der Waals surface area contributed by atoms with Crippen LogP contribution in [0.25, 0.3) is 0 Å². The molecule has 3 atom stereocenters.